The maximum atomic E-state index is 12.4. The molecule has 0 radical (unpaired) electrons. The first-order chi connectivity index (χ1) is 13.0. The maximum absolute atomic E-state index is 12.4. The normalized spacial score (nSPS) is 10.7. The lowest BCUT2D eigenvalue weighted by Gasteiger charge is -2.11. The van der Waals surface area contributed by atoms with Gasteiger partial charge in [0.15, 0.2) is 11.5 Å². The number of alkyl halides is 2. The number of amides is 2. The molecule has 0 aliphatic rings. The van der Waals surface area contributed by atoms with Crippen LogP contribution in [0.4, 0.5) is 8.78 Å². The third kappa shape index (κ3) is 6.38. The predicted octanol–water partition coefficient (Wildman–Crippen LogP) is 2.56. The predicted molar refractivity (Wildman–Crippen MR) is 93.1 cm³/mol. The van der Waals surface area contributed by atoms with Gasteiger partial charge in [-0.15, -0.1) is 0 Å². The average molecular weight is 377 g/mol. The molecule has 27 heavy (non-hydrogen) atoms. The highest BCUT2D eigenvalue weighted by Crippen LogP contribution is 2.30. The Bertz CT molecular complexity index is 814. The first kappa shape index (κ1) is 19.8. The molecule has 0 bridgehead atoms. The number of pyridine rings is 1. The number of hydrazine groups is 1. The van der Waals surface area contributed by atoms with Crippen molar-refractivity contribution in [1.82, 2.24) is 15.8 Å². The number of nitrogens with one attached hydrogen (secondary N) is 2. The van der Waals surface area contributed by atoms with E-state index in [9.17, 15) is 18.4 Å². The van der Waals surface area contributed by atoms with E-state index < -0.39 is 18.4 Å². The zero-order valence-electron chi connectivity index (χ0n) is 14.3. The van der Waals surface area contributed by atoms with Gasteiger partial charge in [-0.1, -0.05) is 12.1 Å². The van der Waals surface area contributed by atoms with E-state index in [4.69, 9.17) is 4.74 Å². The Balaban J connectivity index is 1.96. The van der Waals surface area contributed by atoms with Crippen LogP contribution in [0, 0.1) is 0 Å². The maximum Gasteiger partial charge on any atom is 0.387 e. The van der Waals surface area contributed by atoms with E-state index in [-0.39, 0.29) is 23.8 Å². The quantitative estimate of drug-likeness (QED) is 0.572. The summed E-state index contributed by atoms with van der Waals surface area (Å²) in [7, 11) is 0. The second-order valence-electron chi connectivity index (χ2n) is 5.01. The molecular weight excluding hydrogens is 360 g/mol. The van der Waals surface area contributed by atoms with Crippen molar-refractivity contribution >= 4 is 17.9 Å². The molecule has 2 amide bonds. The Morgan fingerprint density at radius 2 is 2.00 bits per heavy atom. The van der Waals surface area contributed by atoms with E-state index in [0.29, 0.717) is 5.56 Å². The van der Waals surface area contributed by atoms with E-state index in [1.807, 2.05) is 0 Å². The van der Waals surface area contributed by atoms with Crippen LogP contribution >= 0.6 is 0 Å². The summed E-state index contributed by atoms with van der Waals surface area (Å²) in [4.78, 5) is 27.4. The lowest BCUT2D eigenvalue weighted by atomic mass is 10.2. The van der Waals surface area contributed by atoms with E-state index in [1.54, 1.807) is 19.1 Å². The topological polar surface area (TPSA) is 89.6 Å². The summed E-state index contributed by atoms with van der Waals surface area (Å²) in [5.74, 6) is -1.13. The van der Waals surface area contributed by atoms with Gasteiger partial charge in [-0.2, -0.15) is 8.78 Å². The Kier molecular flexibility index (Phi) is 7.24. The second kappa shape index (κ2) is 9.85. The summed E-state index contributed by atoms with van der Waals surface area (Å²) in [6, 6.07) is 9.05. The van der Waals surface area contributed by atoms with E-state index >= 15 is 0 Å². The Hall–Kier alpha value is -3.49. The summed E-state index contributed by atoms with van der Waals surface area (Å²) in [6.45, 7) is -1.02. The number of hydrogen-bond donors (Lipinski definition) is 2. The van der Waals surface area contributed by atoms with Gasteiger partial charge < -0.3 is 9.47 Å². The van der Waals surface area contributed by atoms with Crippen LogP contribution in [0.3, 0.4) is 0 Å². The SMILES string of the molecule is CCOc1cc(/C=C/C(=O)NNC(=O)c2ccccn2)ccc1OC(F)F. The van der Waals surface area contributed by atoms with Crippen molar-refractivity contribution in [3.8, 4) is 11.5 Å². The Labute approximate surface area is 154 Å². The van der Waals surface area contributed by atoms with Gasteiger partial charge in [-0.3, -0.25) is 25.4 Å². The standard InChI is InChI=1S/C18H17F2N3O4/c1-2-26-15-11-12(6-8-14(15)27-18(19)20)7-9-16(24)22-23-17(25)13-5-3-4-10-21-13/h3-11,18H,2H2,1H3,(H,22,24)(H,23,25)/b9-7+. The molecule has 2 N–H and O–H groups in total. The van der Waals surface area contributed by atoms with Crippen LogP contribution in [0.1, 0.15) is 23.0 Å². The molecule has 7 nitrogen and oxygen atoms in total. The fourth-order valence-corrected chi connectivity index (χ4v) is 1.98. The summed E-state index contributed by atoms with van der Waals surface area (Å²) < 4.78 is 34.4. The van der Waals surface area contributed by atoms with Crippen LogP contribution in [0.5, 0.6) is 11.5 Å². The molecule has 0 fully saturated rings. The van der Waals surface area contributed by atoms with Crippen molar-refractivity contribution in [3.63, 3.8) is 0 Å². The van der Waals surface area contributed by atoms with Crippen molar-refractivity contribution in [3.05, 3.63) is 59.9 Å². The van der Waals surface area contributed by atoms with Gasteiger partial charge in [0.1, 0.15) is 5.69 Å². The minimum absolute atomic E-state index is 0.101. The van der Waals surface area contributed by atoms with Crippen LogP contribution in [0.15, 0.2) is 48.7 Å². The number of carbonyl (C=O) groups is 2. The average Bonchev–Trinajstić information content (AvgIpc) is 2.66. The molecule has 1 aromatic heterocycles. The first-order valence-electron chi connectivity index (χ1n) is 7.90. The number of benzene rings is 1. The smallest absolute Gasteiger partial charge is 0.387 e. The minimum Gasteiger partial charge on any atom is -0.490 e. The fraction of sp³-hybridized carbons (Fsp3) is 0.167. The highest BCUT2D eigenvalue weighted by molar-refractivity contribution is 5.96. The van der Waals surface area contributed by atoms with Crippen LogP contribution in [-0.4, -0.2) is 30.0 Å². The highest BCUT2D eigenvalue weighted by Gasteiger charge is 2.11. The third-order valence-corrected chi connectivity index (χ3v) is 3.11. The third-order valence-electron chi connectivity index (χ3n) is 3.11. The lowest BCUT2D eigenvalue weighted by Crippen LogP contribution is -2.41. The fourth-order valence-electron chi connectivity index (χ4n) is 1.98. The van der Waals surface area contributed by atoms with Crippen molar-refractivity contribution in [2.45, 2.75) is 13.5 Å². The number of hydrogen-bond acceptors (Lipinski definition) is 5. The summed E-state index contributed by atoms with van der Waals surface area (Å²) in [5.41, 5.74) is 5.10. The van der Waals surface area contributed by atoms with Crippen LogP contribution in [0.2, 0.25) is 0 Å². The van der Waals surface area contributed by atoms with E-state index in [2.05, 4.69) is 20.6 Å². The van der Waals surface area contributed by atoms with E-state index in [0.717, 1.165) is 6.08 Å². The molecule has 0 saturated heterocycles. The van der Waals surface area contributed by atoms with Crippen molar-refractivity contribution in [2.75, 3.05) is 6.61 Å². The molecule has 0 unspecified atom stereocenters. The molecule has 9 heteroatoms. The molecule has 1 aromatic carbocycles. The van der Waals surface area contributed by atoms with Gasteiger partial charge in [0.25, 0.3) is 11.8 Å². The second-order valence-corrected chi connectivity index (χ2v) is 5.01. The van der Waals surface area contributed by atoms with Crippen LogP contribution in [-0.2, 0) is 4.79 Å². The number of rotatable bonds is 7. The summed E-state index contributed by atoms with van der Waals surface area (Å²) >= 11 is 0. The molecule has 2 aromatic rings. The number of carbonyl (C=O) groups excluding carboxylic acids is 2. The number of aromatic nitrogens is 1. The molecule has 0 spiro atoms. The molecule has 2 rings (SSSR count). The van der Waals surface area contributed by atoms with Gasteiger partial charge >= 0.3 is 6.61 Å². The van der Waals surface area contributed by atoms with Crippen LogP contribution in [0.25, 0.3) is 6.08 Å². The number of halogens is 2. The van der Waals surface area contributed by atoms with Gasteiger partial charge in [0, 0.05) is 12.3 Å². The van der Waals surface area contributed by atoms with Crippen molar-refractivity contribution in [1.29, 1.82) is 0 Å². The Morgan fingerprint density at radius 1 is 1.19 bits per heavy atom. The minimum atomic E-state index is -2.97. The zero-order chi connectivity index (χ0) is 19.6. The largest absolute Gasteiger partial charge is 0.490 e. The molecule has 0 aliphatic carbocycles. The molecule has 0 aliphatic heterocycles. The van der Waals surface area contributed by atoms with E-state index in [1.165, 1.54) is 36.5 Å². The summed E-state index contributed by atoms with van der Waals surface area (Å²) in [6.07, 6.45) is 4.04. The Morgan fingerprint density at radius 3 is 2.67 bits per heavy atom. The molecule has 1 heterocycles. The molecule has 142 valence electrons. The molecular formula is C18H17F2N3O4. The van der Waals surface area contributed by atoms with Gasteiger partial charge in [-0.05, 0) is 42.8 Å². The monoisotopic (exact) mass is 377 g/mol. The number of nitrogens with zero attached hydrogens (tertiary/aromatic N) is 1. The molecule has 0 atom stereocenters. The van der Waals surface area contributed by atoms with Gasteiger partial charge in [-0.25, -0.2) is 0 Å². The lowest BCUT2D eigenvalue weighted by molar-refractivity contribution is -0.117. The van der Waals surface area contributed by atoms with Crippen molar-refractivity contribution < 1.29 is 27.8 Å². The highest BCUT2D eigenvalue weighted by atomic mass is 19.3. The zero-order valence-corrected chi connectivity index (χ0v) is 14.3. The van der Waals surface area contributed by atoms with Crippen LogP contribution < -0.4 is 20.3 Å². The van der Waals surface area contributed by atoms with Crippen molar-refractivity contribution in [2.24, 2.45) is 0 Å². The molecule has 0 saturated carbocycles. The van der Waals surface area contributed by atoms with Gasteiger partial charge in [0.05, 0.1) is 6.61 Å². The number of ether oxygens (including phenoxy) is 2. The first-order valence-corrected chi connectivity index (χ1v) is 7.90. The summed E-state index contributed by atoms with van der Waals surface area (Å²) in [5, 5.41) is 0. The van der Waals surface area contributed by atoms with Gasteiger partial charge in [0.2, 0.25) is 0 Å².